The molecule has 0 bridgehead atoms. The number of aromatic nitrogens is 2. The van der Waals surface area contributed by atoms with Gasteiger partial charge in [-0.15, -0.1) is 0 Å². The molecule has 2 aromatic carbocycles. The standard InChI is InChI=1S/C28H38FN3O/c1-2-3-4-5-6-7-8-9-10-13-22-32-26-15-12-11-14-25(26)31-27(32)20-21-30-28(33)23-16-18-24(29)19-17-23/h11-12,14-19H,2-10,13,20-22H2,1H3,(H,30,33). The largest absolute Gasteiger partial charge is 0.352 e. The van der Waals surface area contributed by atoms with Crippen molar-refractivity contribution in [3.8, 4) is 0 Å². The average molecular weight is 452 g/mol. The lowest BCUT2D eigenvalue weighted by Crippen LogP contribution is -2.26. The van der Waals surface area contributed by atoms with Crippen LogP contribution in [-0.4, -0.2) is 22.0 Å². The predicted molar refractivity (Wildman–Crippen MR) is 134 cm³/mol. The molecule has 1 heterocycles. The summed E-state index contributed by atoms with van der Waals surface area (Å²) in [4.78, 5) is 17.1. The minimum Gasteiger partial charge on any atom is -0.352 e. The lowest BCUT2D eigenvalue weighted by Gasteiger charge is -2.10. The second kappa shape index (κ2) is 13.8. The van der Waals surface area contributed by atoms with Gasteiger partial charge in [-0.2, -0.15) is 0 Å². The summed E-state index contributed by atoms with van der Waals surface area (Å²) < 4.78 is 15.4. The number of hydrogen-bond donors (Lipinski definition) is 1. The van der Waals surface area contributed by atoms with Gasteiger partial charge in [-0.1, -0.05) is 76.8 Å². The van der Waals surface area contributed by atoms with Gasteiger partial charge in [0, 0.05) is 25.1 Å². The lowest BCUT2D eigenvalue weighted by atomic mass is 10.1. The fraction of sp³-hybridized carbons (Fsp3) is 0.500. The Hall–Kier alpha value is -2.69. The first-order valence-corrected chi connectivity index (χ1v) is 12.7. The molecule has 0 atom stereocenters. The van der Waals surface area contributed by atoms with Crippen LogP contribution in [0.4, 0.5) is 4.39 Å². The molecule has 0 fully saturated rings. The average Bonchev–Trinajstić information content (AvgIpc) is 3.18. The number of aryl methyl sites for hydroxylation is 1. The molecular formula is C28H38FN3O. The molecule has 3 aromatic rings. The van der Waals surface area contributed by atoms with Crippen molar-refractivity contribution in [1.82, 2.24) is 14.9 Å². The molecule has 4 nitrogen and oxygen atoms in total. The Morgan fingerprint density at radius 2 is 1.52 bits per heavy atom. The summed E-state index contributed by atoms with van der Waals surface area (Å²) in [5, 5.41) is 2.93. The summed E-state index contributed by atoms with van der Waals surface area (Å²) in [6, 6.07) is 13.9. The fourth-order valence-electron chi connectivity index (χ4n) is 4.31. The molecule has 1 aromatic heterocycles. The minimum atomic E-state index is -0.341. The molecule has 0 spiro atoms. The number of benzene rings is 2. The maximum Gasteiger partial charge on any atom is 0.251 e. The van der Waals surface area contributed by atoms with E-state index in [9.17, 15) is 9.18 Å². The molecule has 1 N–H and O–H groups in total. The summed E-state index contributed by atoms with van der Waals surface area (Å²) in [7, 11) is 0. The van der Waals surface area contributed by atoms with Gasteiger partial charge in [0.15, 0.2) is 0 Å². The highest BCUT2D eigenvalue weighted by molar-refractivity contribution is 5.94. The van der Waals surface area contributed by atoms with E-state index in [0.717, 1.165) is 29.8 Å². The number of fused-ring (bicyclic) bond motifs is 1. The molecule has 0 aliphatic heterocycles. The maximum atomic E-state index is 13.1. The Bertz CT molecular complexity index is 980. The fourth-order valence-corrected chi connectivity index (χ4v) is 4.31. The van der Waals surface area contributed by atoms with E-state index in [2.05, 4.69) is 28.9 Å². The van der Waals surface area contributed by atoms with Crippen molar-refractivity contribution in [3.05, 3.63) is 65.7 Å². The first-order valence-electron chi connectivity index (χ1n) is 12.7. The number of hydrogen-bond acceptors (Lipinski definition) is 2. The summed E-state index contributed by atoms with van der Waals surface area (Å²) in [6.45, 7) is 3.72. The van der Waals surface area contributed by atoms with Crippen molar-refractivity contribution in [2.75, 3.05) is 6.54 Å². The Kier molecular flexibility index (Phi) is 10.4. The number of imidazole rings is 1. The highest BCUT2D eigenvalue weighted by Gasteiger charge is 2.11. The topological polar surface area (TPSA) is 46.9 Å². The van der Waals surface area contributed by atoms with Gasteiger partial charge < -0.3 is 9.88 Å². The Morgan fingerprint density at radius 1 is 0.879 bits per heavy atom. The van der Waals surface area contributed by atoms with Crippen LogP contribution in [0.25, 0.3) is 11.0 Å². The van der Waals surface area contributed by atoms with Gasteiger partial charge in [-0.3, -0.25) is 4.79 Å². The highest BCUT2D eigenvalue weighted by atomic mass is 19.1. The van der Waals surface area contributed by atoms with Crippen LogP contribution in [-0.2, 0) is 13.0 Å². The lowest BCUT2D eigenvalue weighted by molar-refractivity contribution is 0.0954. The number of para-hydroxylation sites is 2. The van der Waals surface area contributed by atoms with Gasteiger partial charge in [0.25, 0.3) is 5.91 Å². The highest BCUT2D eigenvalue weighted by Crippen LogP contribution is 2.18. The van der Waals surface area contributed by atoms with Crippen molar-refractivity contribution in [1.29, 1.82) is 0 Å². The summed E-state index contributed by atoms with van der Waals surface area (Å²) in [6.07, 6.45) is 13.9. The molecule has 1 amide bonds. The number of nitrogens with zero attached hydrogens (tertiary/aromatic N) is 2. The van der Waals surface area contributed by atoms with Crippen LogP contribution < -0.4 is 5.32 Å². The zero-order valence-corrected chi connectivity index (χ0v) is 20.0. The van der Waals surface area contributed by atoms with Gasteiger partial charge in [-0.25, -0.2) is 9.37 Å². The van der Waals surface area contributed by atoms with Crippen LogP contribution in [0.2, 0.25) is 0 Å². The van der Waals surface area contributed by atoms with Crippen molar-refractivity contribution in [2.45, 2.75) is 84.1 Å². The second-order valence-electron chi connectivity index (χ2n) is 8.86. The first-order chi connectivity index (χ1) is 16.2. The van der Waals surface area contributed by atoms with Gasteiger partial charge in [-0.05, 0) is 42.8 Å². The predicted octanol–water partition coefficient (Wildman–Crippen LogP) is 7.07. The third-order valence-corrected chi connectivity index (χ3v) is 6.21. The van der Waals surface area contributed by atoms with Crippen LogP contribution >= 0.6 is 0 Å². The van der Waals surface area contributed by atoms with Crippen LogP contribution in [0.15, 0.2) is 48.5 Å². The summed E-state index contributed by atoms with van der Waals surface area (Å²) in [5.74, 6) is 0.478. The van der Waals surface area contributed by atoms with Gasteiger partial charge in [0.2, 0.25) is 0 Å². The normalized spacial score (nSPS) is 11.2. The molecule has 0 radical (unpaired) electrons. The molecule has 0 saturated carbocycles. The van der Waals surface area contributed by atoms with E-state index in [4.69, 9.17) is 4.98 Å². The van der Waals surface area contributed by atoms with E-state index in [1.54, 1.807) is 0 Å². The van der Waals surface area contributed by atoms with Crippen LogP contribution in [0.3, 0.4) is 0 Å². The van der Waals surface area contributed by atoms with E-state index in [1.807, 2.05) is 12.1 Å². The molecule has 0 saturated heterocycles. The van der Waals surface area contributed by atoms with Crippen molar-refractivity contribution < 1.29 is 9.18 Å². The Balaban J connectivity index is 1.46. The number of carbonyl (C=O) groups is 1. The third kappa shape index (κ3) is 7.99. The third-order valence-electron chi connectivity index (χ3n) is 6.21. The van der Waals surface area contributed by atoms with E-state index in [0.29, 0.717) is 18.5 Å². The smallest absolute Gasteiger partial charge is 0.251 e. The van der Waals surface area contributed by atoms with E-state index < -0.39 is 0 Å². The molecule has 0 unspecified atom stereocenters. The zero-order valence-electron chi connectivity index (χ0n) is 20.0. The Labute approximate surface area is 197 Å². The molecule has 178 valence electrons. The maximum absolute atomic E-state index is 13.1. The molecule has 0 aliphatic rings. The van der Waals surface area contributed by atoms with Gasteiger partial charge in [0.1, 0.15) is 11.6 Å². The minimum absolute atomic E-state index is 0.188. The molecule has 33 heavy (non-hydrogen) atoms. The molecule has 3 rings (SSSR count). The number of amides is 1. The number of rotatable bonds is 15. The first kappa shape index (κ1) is 24.9. The second-order valence-corrected chi connectivity index (χ2v) is 8.86. The zero-order chi connectivity index (χ0) is 23.3. The Morgan fingerprint density at radius 3 is 2.21 bits per heavy atom. The summed E-state index contributed by atoms with van der Waals surface area (Å²) >= 11 is 0. The number of halogens is 1. The quantitative estimate of drug-likeness (QED) is 0.251. The molecule has 5 heteroatoms. The number of nitrogens with one attached hydrogen (secondary N) is 1. The van der Waals surface area contributed by atoms with Crippen LogP contribution in [0.1, 0.15) is 87.3 Å². The van der Waals surface area contributed by atoms with E-state index >= 15 is 0 Å². The van der Waals surface area contributed by atoms with Crippen molar-refractivity contribution >= 4 is 16.9 Å². The number of unbranched alkanes of at least 4 members (excludes halogenated alkanes) is 9. The monoisotopic (exact) mass is 451 g/mol. The van der Waals surface area contributed by atoms with Crippen molar-refractivity contribution in [2.24, 2.45) is 0 Å². The number of carbonyl (C=O) groups excluding carboxylic acids is 1. The SMILES string of the molecule is CCCCCCCCCCCCn1c(CCNC(=O)c2ccc(F)cc2)nc2ccccc21. The molecular weight excluding hydrogens is 413 g/mol. The molecule has 0 aliphatic carbocycles. The van der Waals surface area contributed by atoms with Gasteiger partial charge >= 0.3 is 0 Å². The van der Waals surface area contributed by atoms with Gasteiger partial charge in [0.05, 0.1) is 11.0 Å². The van der Waals surface area contributed by atoms with Crippen molar-refractivity contribution in [3.63, 3.8) is 0 Å². The van der Waals surface area contributed by atoms with Crippen LogP contribution in [0, 0.1) is 5.82 Å². The van der Waals surface area contributed by atoms with Crippen LogP contribution in [0.5, 0.6) is 0 Å². The van der Waals surface area contributed by atoms with E-state index in [-0.39, 0.29) is 11.7 Å². The summed E-state index contributed by atoms with van der Waals surface area (Å²) in [5.41, 5.74) is 2.63. The van der Waals surface area contributed by atoms with E-state index in [1.165, 1.54) is 82.1 Å².